The molecule has 0 spiro atoms. The first-order valence-electron chi connectivity index (χ1n) is 15.9. The van der Waals surface area contributed by atoms with Gasteiger partial charge in [-0.15, -0.1) is 0 Å². The van der Waals surface area contributed by atoms with Gasteiger partial charge in [-0.2, -0.15) is 4.98 Å². The Hall–Kier alpha value is -4.25. The summed E-state index contributed by atoms with van der Waals surface area (Å²) in [5.41, 5.74) is -3.46. The van der Waals surface area contributed by atoms with Crippen LogP contribution in [-0.4, -0.2) is 82.3 Å². The number of benzene rings is 1. The number of carbonyl (C=O) groups is 1. The van der Waals surface area contributed by atoms with Crippen LogP contribution in [0.25, 0.3) is 28.0 Å². The van der Waals surface area contributed by atoms with Gasteiger partial charge in [0.15, 0.2) is 36.5 Å². The monoisotopic (exact) mass is 734 g/mol. The first kappa shape index (κ1) is 37.0. The number of nitrogens with zero attached hydrogens (tertiary/aromatic N) is 5. The second-order valence-electron chi connectivity index (χ2n) is 13.6. The largest absolute Gasteiger partial charge is 0.504 e. The highest BCUT2D eigenvalue weighted by Crippen LogP contribution is 2.39. The molecule has 1 aromatic carbocycles. The fraction of sp³-hybridized carbons (Fsp3) is 0.424. The van der Waals surface area contributed by atoms with Gasteiger partial charge >= 0.3 is 11.8 Å². The maximum atomic E-state index is 15.9. The molecule has 2 atom stereocenters. The van der Waals surface area contributed by atoms with E-state index in [1.807, 2.05) is 6.92 Å². The highest BCUT2D eigenvalue weighted by molar-refractivity contribution is 6.74. The van der Waals surface area contributed by atoms with Crippen molar-refractivity contribution in [1.29, 1.82) is 0 Å². The molecule has 12 nitrogen and oxygen atoms in total. The van der Waals surface area contributed by atoms with Gasteiger partial charge in [-0.25, -0.2) is 37.3 Å². The van der Waals surface area contributed by atoms with Crippen molar-refractivity contribution in [3.8, 4) is 34.3 Å². The minimum atomic E-state index is -2.13. The van der Waals surface area contributed by atoms with E-state index in [0.717, 1.165) is 10.6 Å². The Morgan fingerprint density at radius 2 is 1.80 bits per heavy atom. The van der Waals surface area contributed by atoms with E-state index in [1.165, 1.54) is 17.2 Å². The number of pyridine rings is 2. The number of phenols is 1. The molecule has 3 aromatic heterocycles. The molecule has 0 aliphatic carbocycles. The number of hydrogen-bond acceptors (Lipinski definition) is 10. The zero-order chi connectivity index (χ0) is 36.7. The number of halogens is 4. The van der Waals surface area contributed by atoms with Crippen molar-refractivity contribution in [2.24, 2.45) is 0 Å². The number of ether oxygens (including phenoxy) is 2. The van der Waals surface area contributed by atoms with E-state index >= 15 is 8.78 Å². The normalized spacial score (nSPS) is 16.9. The number of rotatable bonds is 8. The quantitative estimate of drug-likeness (QED) is 0.122. The van der Waals surface area contributed by atoms with Crippen LogP contribution in [0.3, 0.4) is 0 Å². The number of piperazine rings is 1. The molecule has 5 rings (SSSR count). The summed E-state index contributed by atoms with van der Waals surface area (Å²) in [7, 11) is -2.13. The van der Waals surface area contributed by atoms with Gasteiger partial charge in [0.2, 0.25) is 5.88 Å². The molecule has 4 aromatic rings. The number of fused-ring (bicyclic) bond motifs is 1. The standard InChI is InChI=1S/C33H38ClF3N6O6Si/c1-17-16-42(18(2)15-39-17)32(46)49-30-19-14-22(37)25(24-20(35)8-9-21(36)27(24)44)40-29(19)43(31(45)41-30)26-23(10-11-38-28(26)34)47-12-13-48-50(6,7)33(3,4)5/h8-11,14,17-18,39,44H,12-13,15-16H2,1-7H3. The first-order valence-corrected chi connectivity index (χ1v) is 19.1. The molecule has 2 N–H and O–H groups in total. The Morgan fingerprint density at radius 1 is 1.10 bits per heavy atom. The molecule has 1 amide bonds. The van der Waals surface area contributed by atoms with Crippen molar-refractivity contribution in [3.63, 3.8) is 0 Å². The maximum absolute atomic E-state index is 15.9. The van der Waals surface area contributed by atoms with E-state index in [9.17, 15) is 19.1 Å². The van der Waals surface area contributed by atoms with Gasteiger partial charge in [0, 0.05) is 37.4 Å². The number of carbonyl (C=O) groups excluding carboxylic acids is 1. The summed E-state index contributed by atoms with van der Waals surface area (Å²) in [6.07, 6.45) is 0.473. The van der Waals surface area contributed by atoms with Crippen molar-refractivity contribution in [1.82, 2.24) is 29.7 Å². The van der Waals surface area contributed by atoms with Crippen LogP contribution in [-0.2, 0) is 4.43 Å². The number of hydrogen-bond donors (Lipinski definition) is 2. The Labute approximate surface area is 292 Å². The lowest BCUT2D eigenvalue weighted by Crippen LogP contribution is -2.57. The fourth-order valence-corrected chi connectivity index (χ4v) is 6.39. The highest BCUT2D eigenvalue weighted by Gasteiger charge is 2.37. The van der Waals surface area contributed by atoms with Crippen molar-refractivity contribution in [2.45, 2.75) is 64.8 Å². The van der Waals surface area contributed by atoms with Crippen LogP contribution < -0.4 is 20.5 Å². The van der Waals surface area contributed by atoms with E-state index in [2.05, 4.69) is 54.1 Å². The summed E-state index contributed by atoms with van der Waals surface area (Å²) >= 11 is 6.54. The lowest BCUT2D eigenvalue weighted by Gasteiger charge is -2.36. The molecule has 1 aliphatic heterocycles. The van der Waals surface area contributed by atoms with Gasteiger partial charge in [0.05, 0.1) is 17.6 Å². The van der Waals surface area contributed by atoms with E-state index < -0.39 is 66.1 Å². The molecule has 1 aliphatic rings. The van der Waals surface area contributed by atoms with Crippen molar-refractivity contribution in [2.75, 3.05) is 26.3 Å². The Bertz CT molecular complexity index is 2010. The predicted octanol–water partition coefficient (Wildman–Crippen LogP) is 6.20. The highest BCUT2D eigenvalue weighted by atomic mass is 35.5. The summed E-state index contributed by atoms with van der Waals surface area (Å²) in [6, 6.07) is 3.21. The third kappa shape index (κ3) is 7.29. The Morgan fingerprint density at radius 3 is 2.50 bits per heavy atom. The predicted molar refractivity (Wildman–Crippen MR) is 183 cm³/mol. The molecule has 0 saturated carbocycles. The zero-order valence-corrected chi connectivity index (χ0v) is 30.4. The average Bonchev–Trinajstić information content (AvgIpc) is 3.03. The molecule has 1 fully saturated rings. The molecule has 4 heterocycles. The summed E-state index contributed by atoms with van der Waals surface area (Å²) in [6.45, 7) is 15.1. The number of aromatic nitrogens is 4. The van der Waals surface area contributed by atoms with E-state index in [-0.39, 0.29) is 58.9 Å². The third-order valence-electron chi connectivity index (χ3n) is 8.96. The van der Waals surface area contributed by atoms with Gasteiger partial charge in [-0.1, -0.05) is 32.4 Å². The molecule has 268 valence electrons. The number of amides is 1. The second kappa shape index (κ2) is 14.2. The molecule has 17 heteroatoms. The lowest BCUT2D eigenvalue weighted by atomic mass is 10.1. The van der Waals surface area contributed by atoms with Gasteiger partial charge in [0.25, 0.3) is 0 Å². The molecule has 1 saturated heterocycles. The molecular formula is C33H38ClF3N6O6Si. The third-order valence-corrected chi connectivity index (χ3v) is 13.8. The molecule has 2 unspecified atom stereocenters. The Balaban J connectivity index is 1.67. The summed E-state index contributed by atoms with van der Waals surface area (Å²) in [5, 5.41) is 13.0. The van der Waals surface area contributed by atoms with Crippen LogP contribution in [0, 0.1) is 17.5 Å². The van der Waals surface area contributed by atoms with E-state index in [0.29, 0.717) is 18.7 Å². The van der Waals surface area contributed by atoms with Crippen molar-refractivity contribution < 1.29 is 37.0 Å². The summed E-state index contributed by atoms with van der Waals surface area (Å²) < 4.78 is 63.9. The van der Waals surface area contributed by atoms with Gasteiger partial charge in [-0.3, -0.25) is 0 Å². The number of phenolic OH excluding ortho intramolecular Hbond substituents is 1. The Kier molecular flexibility index (Phi) is 10.5. The number of nitrogens with one attached hydrogen (secondary N) is 1. The van der Waals surface area contributed by atoms with Crippen LogP contribution in [0.4, 0.5) is 18.0 Å². The van der Waals surface area contributed by atoms with E-state index in [4.69, 9.17) is 25.5 Å². The SMILES string of the molecule is CC1CN(C(=O)Oc2nc(=O)n(-c3c(OCCO[Si](C)(C)C(C)(C)C)ccnc3Cl)c3nc(-c4c(F)ccc(F)c4O)c(F)cc23)C(C)CN1. The van der Waals surface area contributed by atoms with Gasteiger partial charge in [-0.05, 0) is 50.2 Å². The van der Waals surface area contributed by atoms with E-state index in [1.54, 1.807) is 6.92 Å². The minimum Gasteiger partial charge on any atom is -0.504 e. The smallest absolute Gasteiger partial charge is 0.416 e. The van der Waals surface area contributed by atoms with Gasteiger partial charge in [0.1, 0.15) is 29.6 Å². The molecular weight excluding hydrogens is 697 g/mol. The first-order chi connectivity index (χ1) is 23.4. The van der Waals surface area contributed by atoms with Crippen LogP contribution in [0.2, 0.25) is 23.3 Å². The van der Waals surface area contributed by atoms with Crippen LogP contribution >= 0.6 is 11.6 Å². The van der Waals surface area contributed by atoms with Crippen LogP contribution in [0.15, 0.2) is 35.3 Å². The molecule has 0 bridgehead atoms. The van der Waals surface area contributed by atoms with Crippen LogP contribution in [0.1, 0.15) is 34.6 Å². The molecule has 50 heavy (non-hydrogen) atoms. The maximum Gasteiger partial charge on any atom is 0.416 e. The fourth-order valence-electron chi connectivity index (χ4n) is 5.13. The summed E-state index contributed by atoms with van der Waals surface area (Å²) in [5.74, 6) is -5.46. The second-order valence-corrected chi connectivity index (χ2v) is 18.7. The zero-order valence-electron chi connectivity index (χ0n) is 28.6. The number of aromatic hydroxyl groups is 1. The van der Waals surface area contributed by atoms with Crippen LogP contribution in [0.5, 0.6) is 17.4 Å². The van der Waals surface area contributed by atoms with Crippen molar-refractivity contribution in [3.05, 3.63) is 63.6 Å². The average molecular weight is 735 g/mol. The molecule has 0 radical (unpaired) electrons. The van der Waals surface area contributed by atoms with Gasteiger partial charge < -0.3 is 29.2 Å². The summed E-state index contributed by atoms with van der Waals surface area (Å²) in [4.78, 5) is 40.9. The minimum absolute atomic E-state index is 0.0344. The van der Waals surface area contributed by atoms with Crippen molar-refractivity contribution >= 4 is 37.0 Å². The lowest BCUT2D eigenvalue weighted by molar-refractivity contribution is 0.112. The topological polar surface area (TPSA) is 141 Å².